The number of anilines is 1. The molecule has 8 heteroatoms. The van der Waals surface area contributed by atoms with Crippen LogP contribution in [0.25, 0.3) is 22.4 Å². The molecule has 1 atom stereocenters. The summed E-state index contributed by atoms with van der Waals surface area (Å²) in [7, 11) is 3.66. The van der Waals surface area contributed by atoms with E-state index in [1.54, 1.807) is 24.2 Å². The minimum absolute atomic E-state index is 0.605. The van der Waals surface area contributed by atoms with Crippen molar-refractivity contribution in [2.75, 3.05) is 45.2 Å². The summed E-state index contributed by atoms with van der Waals surface area (Å²) >= 11 is 0. The first-order valence-corrected chi connectivity index (χ1v) is 9.30. The Labute approximate surface area is 158 Å². The zero-order chi connectivity index (χ0) is 18.6. The highest BCUT2D eigenvalue weighted by atomic mass is 16.5. The van der Waals surface area contributed by atoms with Gasteiger partial charge in [0.25, 0.3) is 0 Å². The average Bonchev–Trinajstić information content (AvgIpc) is 3.32. The topological polar surface area (TPSA) is 81.0 Å². The fourth-order valence-electron chi connectivity index (χ4n) is 3.53. The van der Waals surface area contributed by atoms with Gasteiger partial charge in [-0.05, 0) is 31.0 Å². The first kappa shape index (κ1) is 17.8. The lowest BCUT2D eigenvalue weighted by Crippen LogP contribution is -2.26. The Morgan fingerprint density at radius 3 is 2.93 bits per heavy atom. The molecule has 0 unspecified atom stereocenters. The van der Waals surface area contributed by atoms with Crippen molar-refractivity contribution in [1.82, 2.24) is 29.6 Å². The number of methoxy groups -OCH3 is 1. The van der Waals surface area contributed by atoms with Gasteiger partial charge >= 0.3 is 0 Å². The highest BCUT2D eigenvalue weighted by molar-refractivity contribution is 5.88. The van der Waals surface area contributed by atoms with Gasteiger partial charge in [0.05, 0.1) is 18.2 Å². The van der Waals surface area contributed by atoms with Crippen LogP contribution in [0, 0.1) is 5.92 Å². The van der Waals surface area contributed by atoms with Crippen LogP contribution in [0.3, 0.4) is 0 Å². The van der Waals surface area contributed by atoms with E-state index in [4.69, 9.17) is 14.7 Å². The molecule has 1 aliphatic rings. The molecule has 0 aromatic carbocycles. The molecule has 0 spiro atoms. The lowest BCUT2D eigenvalue weighted by Gasteiger charge is -2.16. The summed E-state index contributed by atoms with van der Waals surface area (Å²) in [6, 6.07) is 3.85. The second-order valence-electron chi connectivity index (χ2n) is 6.97. The van der Waals surface area contributed by atoms with Crippen LogP contribution in [0.1, 0.15) is 6.42 Å². The van der Waals surface area contributed by atoms with Gasteiger partial charge in [-0.2, -0.15) is 5.10 Å². The average molecular weight is 367 g/mol. The molecule has 4 rings (SSSR count). The van der Waals surface area contributed by atoms with Crippen molar-refractivity contribution in [2.24, 2.45) is 13.0 Å². The summed E-state index contributed by atoms with van der Waals surface area (Å²) < 4.78 is 6.97. The van der Waals surface area contributed by atoms with Crippen LogP contribution >= 0.6 is 0 Å². The Balaban J connectivity index is 1.53. The summed E-state index contributed by atoms with van der Waals surface area (Å²) in [4.78, 5) is 16.0. The molecule has 8 nitrogen and oxygen atoms in total. The predicted octanol–water partition coefficient (Wildman–Crippen LogP) is 1.81. The van der Waals surface area contributed by atoms with Gasteiger partial charge in [-0.1, -0.05) is 0 Å². The second-order valence-corrected chi connectivity index (χ2v) is 6.97. The van der Waals surface area contributed by atoms with Crippen molar-refractivity contribution in [1.29, 1.82) is 0 Å². The van der Waals surface area contributed by atoms with Crippen molar-refractivity contribution < 1.29 is 4.74 Å². The number of fused-ring (bicyclic) bond motifs is 1. The maximum atomic E-state index is 5.19. The van der Waals surface area contributed by atoms with E-state index in [1.165, 1.54) is 6.42 Å². The Morgan fingerprint density at radius 1 is 1.26 bits per heavy atom. The minimum Gasteiger partial charge on any atom is -0.383 e. The first-order valence-electron chi connectivity index (χ1n) is 9.30. The Hall–Kier alpha value is -2.58. The third-order valence-electron chi connectivity index (χ3n) is 5.07. The minimum atomic E-state index is 0.605. The highest BCUT2D eigenvalue weighted by Gasteiger charge is 2.22. The quantitative estimate of drug-likeness (QED) is 0.682. The van der Waals surface area contributed by atoms with Crippen molar-refractivity contribution >= 4 is 16.9 Å². The molecule has 0 amide bonds. The Kier molecular flexibility index (Phi) is 5.26. The SMILES string of the molecule is COCCN1CC[C@@H](CNc2nc(-c3ccncc3)nc3c2cnn3C)C1. The number of likely N-dealkylation sites (tertiary alicyclic amines) is 1. The van der Waals surface area contributed by atoms with Crippen LogP contribution in [0.5, 0.6) is 0 Å². The normalized spacial score (nSPS) is 17.6. The van der Waals surface area contributed by atoms with Gasteiger partial charge in [0.1, 0.15) is 5.82 Å². The molecule has 1 aliphatic heterocycles. The number of hydrogen-bond donors (Lipinski definition) is 1. The zero-order valence-corrected chi connectivity index (χ0v) is 15.8. The number of ether oxygens (including phenoxy) is 1. The predicted molar refractivity (Wildman–Crippen MR) is 104 cm³/mol. The number of hydrogen-bond acceptors (Lipinski definition) is 7. The summed E-state index contributed by atoms with van der Waals surface area (Å²) in [5.74, 6) is 2.13. The summed E-state index contributed by atoms with van der Waals surface area (Å²) in [5, 5.41) is 8.86. The molecular weight excluding hydrogens is 342 g/mol. The summed E-state index contributed by atoms with van der Waals surface area (Å²) in [6.07, 6.45) is 6.53. The van der Waals surface area contributed by atoms with E-state index in [1.807, 2.05) is 25.4 Å². The highest BCUT2D eigenvalue weighted by Crippen LogP contribution is 2.25. The van der Waals surface area contributed by atoms with Gasteiger partial charge < -0.3 is 15.0 Å². The number of aryl methyl sites for hydroxylation is 1. The molecule has 1 N–H and O–H groups in total. The number of rotatable bonds is 7. The molecule has 4 heterocycles. The Bertz CT molecular complexity index is 896. The van der Waals surface area contributed by atoms with E-state index in [0.717, 1.165) is 55.2 Å². The van der Waals surface area contributed by atoms with E-state index in [2.05, 4.69) is 20.3 Å². The smallest absolute Gasteiger partial charge is 0.164 e. The monoisotopic (exact) mass is 367 g/mol. The summed E-state index contributed by atoms with van der Waals surface area (Å²) in [6.45, 7) is 4.90. The number of aromatic nitrogens is 5. The van der Waals surface area contributed by atoms with Crippen molar-refractivity contribution in [3.05, 3.63) is 30.7 Å². The van der Waals surface area contributed by atoms with Crippen molar-refractivity contribution in [2.45, 2.75) is 6.42 Å². The first-order chi connectivity index (χ1) is 13.2. The fourth-order valence-corrected chi connectivity index (χ4v) is 3.53. The molecule has 142 valence electrons. The standard InChI is InChI=1S/C19H25N7O/c1-25-19-16(12-22-25)18(23-17(24-19)15-3-6-20-7-4-15)21-11-14-5-8-26(13-14)9-10-27-2/h3-4,6-7,12,14H,5,8-11,13H2,1-2H3,(H,21,23,24)/t14-/m0/s1. The lowest BCUT2D eigenvalue weighted by molar-refractivity contribution is 0.159. The zero-order valence-electron chi connectivity index (χ0n) is 15.8. The molecule has 0 bridgehead atoms. The van der Waals surface area contributed by atoms with Gasteiger partial charge in [0, 0.05) is 51.7 Å². The van der Waals surface area contributed by atoms with E-state index in [0.29, 0.717) is 11.7 Å². The molecule has 1 saturated heterocycles. The maximum Gasteiger partial charge on any atom is 0.164 e. The van der Waals surface area contributed by atoms with E-state index in [9.17, 15) is 0 Å². The van der Waals surface area contributed by atoms with Gasteiger partial charge in [-0.3, -0.25) is 9.67 Å². The van der Waals surface area contributed by atoms with Gasteiger partial charge in [-0.25, -0.2) is 9.97 Å². The van der Waals surface area contributed by atoms with Crippen molar-refractivity contribution in [3.63, 3.8) is 0 Å². The molecule has 0 saturated carbocycles. The van der Waals surface area contributed by atoms with Crippen LogP contribution in [-0.2, 0) is 11.8 Å². The van der Waals surface area contributed by atoms with E-state index in [-0.39, 0.29) is 0 Å². The van der Waals surface area contributed by atoms with E-state index >= 15 is 0 Å². The fraction of sp³-hybridized carbons (Fsp3) is 0.474. The van der Waals surface area contributed by atoms with Crippen LogP contribution in [0.15, 0.2) is 30.7 Å². The molecule has 3 aromatic rings. The molecule has 27 heavy (non-hydrogen) atoms. The molecule has 0 radical (unpaired) electrons. The maximum absolute atomic E-state index is 5.19. The molecule has 3 aromatic heterocycles. The largest absolute Gasteiger partial charge is 0.383 e. The van der Waals surface area contributed by atoms with E-state index < -0.39 is 0 Å². The van der Waals surface area contributed by atoms with Crippen LogP contribution < -0.4 is 5.32 Å². The summed E-state index contributed by atoms with van der Waals surface area (Å²) in [5.41, 5.74) is 1.77. The Morgan fingerprint density at radius 2 is 2.11 bits per heavy atom. The number of nitrogens with one attached hydrogen (secondary N) is 1. The molecule has 0 aliphatic carbocycles. The second kappa shape index (κ2) is 7.98. The number of pyridine rings is 1. The van der Waals surface area contributed by atoms with Crippen LogP contribution in [0.2, 0.25) is 0 Å². The third-order valence-corrected chi connectivity index (χ3v) is 5.07. The third kappa shape index (κ3) is 3.91. The van der Waals surface area contributed by atoms with Crippen LogP contribution in [0.4, 0.5) is 5.82 Å². The van der Waals surface area contributed by atoms with Crippen molar-refractivity contribution in [3.8, 4) is 11.4 Å². The number of nitrogens with zero attached hydrogens (tertiary/aromatic N) is 6. The molecular formula is C19H25N7O. The van der Waals surface area contributed by atoms with Gasteiger partial charge in [-0.15, -0.1) is 0 Å². The lowest BCUT2D eigenvalue weighted by atomic mass is 10.1. The van der Waals surface area contributed by atoms with Gasteiger partial charge in [0.15, 0.2) is 11.5 Å². The molecule has 1 fully saturated rings. The van der Waals surface area contributed by atoms with Crippen LogP contribution in [-0.4, -0.2) is 69.5 Å². The van der Waals surface area contributed by atoms with Gasteiger partial charge in [0.2, 0.25) is 0 Å².